The topological polar surface area (TPSA) is 161 Å². The summed E-state index contributed by atoms with van der Waals surface area (Å²) in [5.41, 5.74) is 2.38. The Morgan fingerprint density at radius 2 is 1.68 bits per heavy atom. The summed E-state index contributed by atoms with van der Waals surface area (Å²) in [5.74, 6) is -1.22. The van der Waals surface area contributed by atoms with Gasteiger partial charge in [0.05, 0.1) is 20.2 Å². The van der Waals surface area contributed by atoms with Crippen molar-refractivity contribution in [3.63, 3.8) is 0 Å². The molecule has 2 unspecified atom stereocenters. The van der Waals surface area contributed by atoms with Gasteiger partial charge in [0.2, 0.25) is 0 Å². The van der Waals surface area contributed by atoms with Crippen LogP contribution >= 0.6 is 0 Å². The largest absolute Gasteiger partial charge is 0.504 e. The molecule has 1 aromatic rings. The van der Waals surface area contributed by atoms with Gasteiger partial charge in [-0.3, -0.25) is 24.7 Å². The van der Waals surface area contributed by atoms with Crippen molar-refractivity contribution in [3.8, 4) is 11.5 Å². The first-order chi connectivity index (χ1) is 22.6. The molecule has 5 amide bonds. The van der Waals surface area contributed by atoms with E-state index in [1.165, 1.54) is 55.9 Å². The second kappa shape index (κ2) is 15.5. The zero-order chi connectivity index (χ0) is 33.6. The molecule has 2 atom stereocenters. The third-order valence-electron chi connectivity index (χ3n) is 10.6. The van der Waals surface area contributed by atoms with Gasteiger partial charge in [-0.05, 0) is 56.7 Å². The van der Waals surface area contributed by atoms with Gasteiger partial charge in [-0.2, -0.15) is 0 Å². The molecule has 0 bridgehead atoms. The van der Waals surface area contributed by atoms with Gasteiger partial charge in [0.25, 0.3) is 5.91 Å². The first kappa shape index (κ1) is 34.6. The van der Waals surface area contributed by atoms with Crippen molar-refractivity contribution in [1.29, 1.82) is 0 Å². The van der Waals surface area contributed by atoms with Crippen molar-refractivity contribution in [2.75, 3.05) is 46.4 Å². The van der Waals surface area contributed by atoms with Crippen LogP contribution in [0.25, 0.3) is 0 Å². The number of hydrazine groups is 1. The first-order valence-electron chi connectivity index (χ1n) is 17.2. The van der Waals surface area contributed by atoms with E-state index in [0.717, 1.165) is 49.8 Å². The monoisotopic (exact) mass is 654 g/mol. The Morgan fingerprint density at radius 3 is 2.36 bits per heavy atom. The predicted molar refractivity (Wildman–Crippen MR) is 174 cm³/mol. The molecule has 47 heavy (non-hydrogen) atoms. The van der Waals surface area contributed by atoms with E-state index < -0.39 is 35.8 Å². The van der Waals surface area contributed by atoms with Gasteiger partial charge in [-0.25, -0.2) is 14.6 Å². The summed E-state index contributed by atoms with van der Waals surface area (Å²) in [6.45, 7) is 2.56. The van der Waals surface area contributed by atoms with Gasteiger partial charge in [-0.1, -0.05) is 44.9 Å². The number of methoxy groups -OCH3 is 1. The number of nitrogens with zero attached hydrogens (tertiary/aromatic N) is 3. The predicted octanol–water partition coefficient (Wildman–Crippen LogP) is 3.21. The number of ether oxygens (including phenoxy) is 1. The summed E-state index contributed by atoms with van der Waals surface area (Å²) in [7, 11) is 1.40. The normalized spacial score (nSPS) is 24.8. The summed E-state index contributed by atoms with van der Waals surface area (Å²) in [6, 6.07) is 3.54. The summed E-state index contributed by atoms with van der Waals surface area (Å²) in [6.07, 6.45) is 11.8. The number of nitrogens with one attached hydrogen (secondary N) is 3. The van der Waals surface area contributed by atoms with Crippen molar-refractivity contribution in [2.45, 2.75) is 89.1 Å². The number of hydrogen-bond acceptors (Lipinski definition) is 9. The quantitative estimate of drug-likeness (QED) is 0.151. The molecule has 2 aliphatic heterocycles. The molecule has 13 nitrogen and oxygen atoms in total. The number of phenols is 1. The number of Topliss-reactive ketones (excluding diaryl/α,β-unsaturated/α-hetero) is 2. The number of carbonyl (C=O) groups is 5. The number of phenolic OH excluding ortho intramolecular Hbond substituents is 1. The molecule has 0 spiro atoms. The Morgan fingerprint density at radius 1 is 1.00 bits per heavy atom. The molecule has 4 N–H and O–H groups in total. The molecule has 0 aromatic heterocycles. The van der Waals surface area contributed by atoms with Gasteiger partial charge >= 0.3 is 12.1 Å². The maximum Gasteiger partial charge on any atom is 0.328 e. The van der Waals surface area contributed by atoms with Crippen LogP contribution in [0.1, 0.15) is 87.9 Å². The third kappa shape index (κ3) is 7.72. The lowest BCUT2D eigenvalue weighted by atomic mass is 9.74. The van der Waals surface area contributed by atoms with Crippen LogP contribution in [0.2, 0.25) is 0 Å². The van der Waals surface area contributed by atoms with E-state index in [2.05, 4.69) is 21.1 Å². The van der Waals surface area contributed by atoms with Gasteiger partial charge in [0, 0.05) is 43.7 Å². The molecular formula is C34H50N6O7. The number of carbonyl (C=O) groups excluding carboxylic acids is 5. The van der Waals surface area contributed by atoms with E-state index in [1.807, 2.05) is 0 Å². The molecule has 4 fully saturated rings. The Bertz CT molecular complexity index is 1330. The molecule has 2 saturated carbocycles. The molecular weight excluding hydrogens is 604 g/mol. The molecule has 4 aliphatic rings. The fourth-order valence-electron chi connectivity index (χ4n) is 7.76. The minimum absolute atomic E-state index is 0.0283. The van der Waals surface area contributed by atoms with Crippen LogP contribution in [0.5, 0.6) is 11.5 Å². The molecule has 0 radical (unpaired) electrons. The Labute approximate surface area is 276 Å². The highest BCUT2D eigenvalue weighted by molar-refractivity contribution is 6.11. The Hall–Kier alpha value is -3.71. The van der Waals surface area contributed by atoms with Crippen molar-refractivity contribution in [3.05, 3.63) is 23.8 Å². The SMILES string of the molecule is COc1ccc(C(=O)CN2C(=O)N(CCNC(=O)NCC(=O)C3CNN(C4CCCCCC4)C3)C(C)(C3CCCCC3)C2=O)cc1O. The summed E-state index contributed by atoms with van der Waals surface area (Å²) < 4.78 is 5.05. The highest BCUT2D eigenvalue weighted by atomic mass is 16.5. The van der Waals surface area contributed by atoms with E-state index in [1.54, 1.807) is 6.92 Å². The number of imide groups is 1. The lowest BCUT2D eigenvalue weighted by Crippen LogP contribution is -2.55. The highest BCUT2D eigenvalue weighted by Crippen LogP contribution is 2.42. The highest BCUT2D eigenvalue weighted by Gasteiger charge is 2.58. The lowest BCUT2D eigenvalue weighted by Gasteiger charge is -2.40. The molecule has 2 heterocycles. The zero-order valence-electron chi connectivity index (χ0n) is 27.7. The number of aromatic hydroxyl groups is 1. The van der Waals surface area contributed by atoms with Crippen molar-refractivity contribution < 1.29 is 33.8 Å². The smallest absolute Gasteiger partial charge is 0.328 e. The van der Waals surface area contributed by atoms with Crippen LogP contribution < -0.4 is 20.8 Å². The van der Waals surface area contributed by atoms with E-state index in [-0.39, 0.29) is 54.3 Å². The number of rotatable bonds is 12. The number of benzene rings is 1. The van der Waals surface area contributed by atoms with E-state index in [9.17, 15) is 29.1 Å². The molecule has 258 valence electrons. The standard InChI is InChI=1S/C34H50N6O7/c1-34(25-10-6-5-7-11-25)31(44)38(22-29(43)23-14-15-30(47-2)27(41)18-23)33(46)39(34)17-16-35-32(45)36-20-28(42)24-19-37-40(21-24)26-12-8-3-4-9-13-26/h14-15,18,24-26,37,41H,3-13,16-17,19-22H2,1-2H3,(H2,35,36,45). The van der Waals surface area contributed by atoms with Crippen LogP contribution in [0.3, 0.4) is 0 Å². The number of hydrogen-bond donors (Lipinski definition) is 4. The minimum atomic E-state index is -1.16. The van der Waals surface area contributed by atoms with Crippen LogP contribution in [0, 0.1) is 11.8 Å². The van der Waals surface area contributed by atoms with Gasteiger partial charge in [0.15, 0.2) is 23.1 Å². The van der Waals surface area contributed by atoms with Gasteiger partial charge in [0.1, 0.15) is 5.54 Å². The summed E-state index contributed by atoms with van der Waals surface area (Å²) in [4.78, 5) is 68.9. The second-order valence-electron chi connectivity index (χ2n) is 13.6. The molecule has 13 heteroatoms. The third-order valence-corrected chi connectivity index (χ3v) is 10.6. The average molecular weight is 655 g/mol. The summed E-state index contributed by atoms with van der Waals surface area (Å²) in [5, 5.41) is 17.7. The van der Waals surface area contributed by atoms with Crippen LogP contribution in [-0.4, -0.2) is 107 Å². The molecule has 1 aromatic carbocycles. The van der Waals surface area contributed by atoms with Crippen molar-refractivity contribution >= 4 is 29.5 Å². The lowest BCUT2D eigenvalue weighted by molar-refractivity contribution is -0.135. The second-order valence-corrected chi connectivity index (χ2v) is 13.6. The zero-order valence-corrected chi connectivity index (χ0v) is 27.7. The Kier molecular flexibility index (Phi) is 11.4. The summed E-state index contributed by atoms with van der Waals surface area (Å²) >= 11 is 0. The number of amides is 5. The Balaban J connectivity index is 1.15. The van der Waals surface area contributed by atoms with Gasteiger partial charge in [-0.15, -0.1) is 0 Å². The van der Waals surface area contributed by atoms with E-state index in [4.69, 9.17) is 4.74 Å². The fraction of sp³-hybridized carbons (Fsp3) is 0.676. The van der Waals surface area contributed by atoms with Crippen LogP contribution in [0.15, 0.2) is 18.2 Å². The van der Waals surface area contributed by atoms with E-state index in [0.29, 0.717) is 19.1 Å². The number of urea groups is 2. The minimum Gasteiger partial charge on any atom is -0.504 e. The maximum absolute atomic E-state index is 13.9. The maximum atomic E-state index is 13.9. The van der Waals surface area contributed by atoms with Gasteiger partial charge < -0.3 is 25.4 Å². The molecule has 2 saturated heterocycles. The number of ketones is 2. The van der Waals surface area contributed by atoms with Crippen LogP contribution in [-0.2, 0) is 9.59 Å². The fourth-order valence-corrected chi connectivity index (χ4v) is 7.76. The van der Waals surface area contributed by atoms with Crippen molar-refractivity contribution in [1.82, 2.24) is 30.9 Å². The van der Waals surface area contributed by atoms with Crippen molar-refractivity contribution in [2.24, 2.45) is 11.8 Å². The first-order valence-corrected chi connectivity index (χ1v) is 17.2. The molecule has 2 aliphatic carbocycles. The van der Waals surface area contributed by atoms with E-state index >= 15 is 0 Å². The van der Waals surface area contributed by atoms with Crippen LogP contribution in [0.4, 0.5) is 9.59 Å². The average Bonchev–Trinajstić information content (AvgIpc) is 3.50. The molecule has 5 rings (SSSR count).